The third-order valence-electron chi connectivity index (χ3n) is 5.44. The van der Waals surface area contributed by atoms with E-state index >= 15 is 0 Å². The molecule has 0 saturated carbocycles. The van der Waals surface area contributed by atoms with Gasteiger partial charge in [-0.1, -0.05) is 20.8 Å². The van der Waals surface area contributed by atoms with Crippen molar-refractivity contribution in [3.8, 4) is 17.6 Å². The number of nitrogens with zero attached hydrogens (tertiary/aromatic N) is 1. The molecule has 0 unspecified atom stereocenters. The van der Waals surface area contributed by atoms with Crippen LogP contribution in [0, 0.1) is 22.7 Å². The molecule has 28 heavy (non-hydrogen) atoms. The van der Waals surface area contributed by atoms with Crippen LogP contribution in [0.1, 0.15) is 53.6 Å². The molecule has 0 radical (unpaired) electrons. The van der Waals surface area contributed by atoms with Crippen molar-refractivity contribution < 1.29 is 14.3 Å². The van der Waals surface area contributed by atoms with E-state index in [2.05, 4.69) is 32.2 Å². The zero-order valence-corrected chi connectivity index (χ0v) is 17.8. The average Bonchev–Trinajstić information content (AvgIpc) is 3.02. The fourth-order valence-electron chi connectivity index (χ4n) is 3.65. The molecule has 2 aromatic rings. The summed E-state index contributed by atoms with van der Waals surface area (Å²) in [5, 5.41) is 13.3. The maximum absolute atomic E-state index is 12.8. The van der Waals surface area contributed by atoms with Crippen LogP contribution in [-0.4, -0.2) is 20.1 Å². The first kappa shape index (κ1) is 20.2. The minimum absolute atomic E-state index is 0.231. The third-order valence-corrected chi connectivity index (χ3v) is 6.61. The number of carbonyl (C=O) groups is 1. The van der Waals surface area contributed by atoms with Gasteiger partial charge < -0.3 is 14.8 Å². The van der Waals surface area contributed by atoms with E-state index < -0.39 is 0 Å². The molecule has 0 spiro atoms. The molecule has 1 aromatic heterocycles. The number of nitrogens with one attached hydrogen (secondary N) is 1. The lowest BCUT2D eigenvalue weighted by Gasteiger charge is -2.33. The molecule has 148 valence electrons. The largest absolute Gasteiger partial charge is 0.497 e. The summed E-state index contributed by atoms with van der Waals surface area (Å²) in [7, 11) is 3.09. The van der Waals surface area contributed by atoms with Gasteiger partial charge in [0.05, 0.1) is 19.8 Å². The minimum Gasteiger partial charge on any atom is -0.497 e. The Bertz CT molecular complexity index is 912. The van der Waals surface area contributed by atoms with Gasteiger partial charge in [0.1, 0.15) is 22.6 Å². The number of benzene rings is 1. The molecule has 1 atom stereocenters. The van der Waals surface area contributed by atoms with E-state index in [4.69, 9.17) is 9.47 Å². The summed E-state index contributed by atoms with van der Waals surface area (Å²) in [4.78, 5) is 14.1. The standard InChI is InChI=1S/C22H26N2O3S/c1-22(2,3)14-6-7-17-18(12-23)21(28-19(17)10-14)24-20(25)13-8-15(26-4)11-16(9-13)27-5/h8-9,11,14H,6-7,10H2,1-5H3,(H,24,25)/t14-/m0/s1. The van der Waals surface area contributed by atoms with E-state index in [1.54, 1.807) is 32.4 Å². The van der Waals surface area contributed by atoms with Crippen molar-refractivity contribution in [1.82, 2.24) is 0 Å². The molecule has 0 saturated heterocycles. The fourth-order valence-corrected chi connectivity index (χ4v) is 4.92. The van der Waals surface area contributed by atoms with Crippen LogP contribution in [0.5, 0.6) is 11.5 Å². The second kappa shape index (κ2) is 7.84. The normalized spacial score (nSPS) is 16.1. The number of thiophene rings is 1. The Morgan fingerprint density at radius 1 is 1.21 bits per heavy atom. The number of ether oxygens (including phenoxy) is 2. The molecule has 1 aliphatic carbocycles. The third kappa shape index (κ3) is 4.00. The van der Waals surface area contributed by atoms with Gasteiger partial charge >= 0.3 is 0 Å². The second-order valence-corrected chi connectivity index (χ2v) is 9.29. The zero-order chi connectivity index (χ0) is 20.5. The Balaban J connectivity index is 1.89. The van der Waals surface area contributed by atoms with Crippen molar-refractivity contribution in [3.05, 3.63) is 39.8 Å². The molecule has 1 heterocycles. The molecule has 1 N–H and O–H groups in total. The summed E-state index contributed by atoms with van der Waals surface area (Å²) in [6.07, 6.45) is 2.92. The van der Waals surface area contributed by atoms with Crippen LogP contribution in [0.3, 0.4) is 0 Å². The van der Waals surface area contributed by atoms with Crippen molar-refractivity contribution in [2.24, 2.45) is 11.3 Å². The molecule has 0 aliphatic heterocycles. The van der Waals surface area contributed by atoms with Crippen molar-refractivity contribution in [2.45, 2.75) is 40.0 Å². The number of rotatable bonds is 4. The van der Waals surface area contributed by atoms with Gasteiger partial charge in [-0.25, -0.2) is 0 Å². The van der Waals surface area contributed by atoms with E-state index in [0.29, 0.717) is 33.5 Å². The maximum Gasteiger partial charge on any atom is 0.256 e. The summed E-state index contributed by atoms with van der Waals surface area (Å²) >= 11 is 1.53. The van der Waals surface area contributed by atoms with Crippen LogP contribution in [0.25, 0.3) is 0 Å². The molecule has 5 nitrogen and oxygen atoms in total. The summed E-state index contributed by atoms with van der Waals surface area (Å²) < 4.78 is 10.5. The van der Waals surface area contributed by atoms with Crippen LogP contribution in [0.4, 0.5) is 5.00 Å². The van der Waals surface area contributed by atoms with Crippen LogP contribution in [0.15, 0.2) is 18.2 Å². The lowest BCUT2D eigenvalue weighted by atomic mass is 9.72. The molecule has 0 fully saturated rings. The Morgan fingerprint density at radius 2 is 1.86 bits per heavy atom. The van der Waals surface area contributed by atoms with Crippen LogP contribution in [0.2, 0.25) is 0 Å². The van der Waals surface area contributed by atoms with Gasteiger partial charge in [-0.2, -0.15) is 5.26 Å². The lowest BCUT2D eigenvalue weighted by molar-refractivity contribution is 0.102. The van der Waals surface area contributed by atoms with Crippen LogP contribution in [-0.2, 0) is 12.8 Å². The number of fused-ring (bicyclic) bond motifs is 1. The molecular weight excluding hydrogens is 372 g/mol. The van der Waals surface area contributed by atoms with Crippen molar-refractivity contribution in [2.75, 3.05) is 19.5 Å². The van der Waals surface area contributed by atoms with Gasteiger partial charge in [0.15, 0.2) is 0 Å². The number of amides is 1. The first-order chi connectivity index (χ1) is 13.3. The van der Waals surface area contributed by atoms with Gasteiger partial charge in [0.2, 0.25) is 0 Å². The highest BCUT2D eigenvalue weighted by Gasteiger charge is 2.32. The SMILES string of the molecule is COc1cc(OC)cc(C(=O)Nc2sc3c(c2C#N)CC[C@H](C(C)(C)C)C3)c1. The van der Waals surface area contributed by atoms with E-state index in [9.17, 15) is 10.1 Å². The van der Waals surface area contributed by atoms with Gasteiger partial charge in [-0.15, -0.1) is 11.3 Å². The van der Waals surface area contributed by atoms with Crippen LogP contribution >= 0.6 is 11.3 Å². The number of hydrogen-bond donors (Lipinski definition) is 1. The lowest BCUT2D eigenvalue weighted by Crippen LogP contribution is -2.26. The van der Waals surface area contributed by atoms with Crippen molar-refractivity contribution in [1.29, 1.82) is 5.26 Å². The molecule has 6 heteroatoms. The highest BCUT2D eigenvalue weighted by atomic mass is 32.1. The number of anilines is 1. The summed E-state index contributed by atoms with van der Waals surface area (Å²) in [5.74, 6) is 1.39. The van der Waals surface area contributed by atoms with Gasteiger partial charge in [0.25, 0.3) is 5.91 Å². The average molecular weight is 399 g/mol. The number of hydrogen-bond acceptors (Lipinski definition) is 5. The molecule has 0 bridgehead atoms. The Labute approximate surface area is 170 Å². The maximum atomic E-state index is 12.8. The monoisotopic (exact) mass is 398 g/mol. The van der Waals surface area contributed by atoms with E-state index in [1.165, 1.54) is 16.2 Å². The second-order valence-electron chi connectivity index (χ2n) is 8.18. The summed E-state index contributed by atoms with van der Waals surface area (Å²) in [5.41, 5.74) is 2.37. The van der Waals surface area contributed by atoms with Crippen LogP contribution < -0.4 is 14.8 Å². The molecule has 1 amide bonds. The summed E-state index contributed by atoms with van der Waals surface area (Å²) in [6.45, 7) is 6.79. The van der Waals surface area contributed by atoms with Gasteiger partial charge in [-0.3, -0.25) is 4.79 Å². The topological polar surface area (TPSA) is 71.3 Å². The van der Waals surface area contributed by atoms with Gasteiger partial charge in [-0.05, 0) is 48.3 Å². The quantitative estimate of drug-likeness (QED) is 0.783. The van der Waals surface area contributed by atoms with Crippen molar-refractivity contribution >= 4 is 22.2 Å². The first-order valence-electron chi connectivity index (χ1n) is 9.36. The number of methoxy groups -OCH3 is 2. The molecule has 1 aliphatic rings. The molecular formula is C22H26N2O3S. The molecule has 1 aromatic carbocycles. The Morgan fingerprint density at radius 3 is 2.39 bits per heavy atom. The smallest absolute Gasteiger partial charge is 0.256 e. The van der Waals surface area contributed by atoms with Gasteiger partial charge in [0, 0.05) is 16.5 Å². The minimum atomic E-state index is -0.278. The Hall–Kier alpha value is -2.52. The first-order valence-corrected chi connectivity index (χ1v) is 10.2. The Kier molecular flexibility index (Phi) is 5.66. The van der Waals surface area contributed by atoms with E-state index in [0.717, 1.165) is 24.8 Å². The predicted octanol–water partition coefficient (Wildman–Crippen LogP) is 5.04. The summed E-state index contributed by atoms with van der Waals surface area (Å²) in [6, 6.07) is 7.34. The highest BCUT2D eigenvalue weighted by molar-refractivity contribution is 7.16. The number of nitriles is 1. The van der Waals surface area contributed by atoms with E-state index in [1.807, 2.05) is 0 Å². The fraction of sp³-hybridized carbons (Fsp3) is 0.455. The van der Waals surface area contributed by atoms with E-state index in [-0.39, 0.29) is 11.3 Å². The molecule has 3 rings (SSSR count). The highest BCUT2D eigenvalue weighted by Crippen LogP contribution is 2.44. The predicted molar refractivity (Wildman–Crippen MR) is 112 cm³/mol. The van der Waals surface area contributed by atoms with Crippen molar-refractivity contribution in [3.63, 3.8) is 0 Å². The number of carbonyl (C=O) groups excluding carboxylic acids is 1. The zero-order valence-electron chi connectivity index (χ0n) is 17.0.